The zero-order valence-corrected chi connectivity index (χ0v) is 19.7. The Balaban J connectivity index is 1.53. The number of hydrogen-bond acceptors (Lipinski definition) is 6. The van der Waals surface area contributed by atoms with Crippen molar-refractivity contribution in [3.63, 3.8) is 0 Å². The number of carbonyl (C=O) groups excluding carboxylic acids is 3. The van der Waals surface area contributed by atoms with Crippen LogP contribution in [0.5, 0.6) is 11.5 Å². The van der Waals surface area contributed by atoms with Crippen LogP contribution in [0.4, 0.5) is 10.5 Å². The number of para-hydroxylation sites is 1. The Hall–Kier alpha value is -4.33. The third-order valence-corrected chi connectivity index (χ3v) is 5.12. The van der Waals surface area contributed by atoms with Crippen LogP contribution in [0.25, 0.3) is 0 Å². The Morgan fingerprint density at radius 3 is 2.23 bits per heavy atom. The molecule has 0 unspecified atom stereocenters. The van der Waals surface area contributed by atoms with Crippen molar-refractivity contribution in [2.75, 3.05) is 19.0 Å². The predicted molar refractivity (Wildman–Crippen MR) is 132 cm³/mol. The first-order chi connectivity index (χ1) is 17.0. The Bertz CT molecular complexity index is 1140. The van der Waals surface area contributed by atoms with Gasteiger partial charge in [-0.1, -0.05) is 30.3 Å². The third-order valence-electron chi connectivity index (χ3n) is 5.12. The first-order valence-corrected chi connectivity index (χ1v) is 11.2. The monoisotopic (exact) mass is 476 g/mol. The number of nitrogens with one attached hydrogen (secondary N) is 2. The van der Waals surface area contributed by atoms with Gasteiger partial charge in [0.15, 0.2) is 0 Å². The molecule has 0 radical (unpaired) electrons. The van der Waals surface area contributed by atoms with Gasteiger partial charge in [-0.25, -0.2) is 4.79 Å². The van der Waals surface area contributed by atoms with E-state index in [0.29, 0.717) is 24.1 Å². The van der Waals surface area contributed by atoms with Gasteiger partial charge >= 0.3 is 6.16 Å². The summed E-state index contributed by atoms with van der Waals surface area (Å²) in [5, 5.41) is 5.77. The largest absolute Gasteiger partial charge is 0.513 e. The maximum atomic E-state index is 12.7. The van der Waals surface area contributed by atoms with Gasteiger partial charge in [0.05, 0.1) is 13.7 Å². The SMILES string of the molecule is CCOC(=O)Oc1ccc(C(=O)Nc2ccccc2CNC(=O)CCc2ccc(OC)cc2)cc1. The second-order valence-electron chi connectivity index (χ2n) is 7.55. The molecule has 8 nitrogen and oxygen atoms in total. The molecule has 2 amide bonds. The maximum Gasteiger partial charge on any atom is 0.513 e. The standard InChI is InChI=1S/C27H28N2O6/c1-3-34-27(32)35-23-15-11-20(12-16-23)26(31)29-24-7-5-4-6-21(24)18-28-25(30)17-10-19-8-13-22(33-2)14-9-19/h4-9,11-16H,3,10,17-18H2,1-2H3,(H,28,30)(H,29,31). The van der Waals surface area contributed by atoms with Gasteiger partial charge in [-0.3, -0.25) is 9.59 Å². The van der Waals surface area contributed by atoms with Crippen LogP contribution in [-0.2, 0) is 22.5 Å². The van der Waals surface area contributed by atoms with E-state index in [-0.39, 0.29) is 30.7 Å². The van der Waals surface area contributed by atoms with Crippen molar-refractivity contribution < 1.29 is 28.6 Å². The highest BCUT2D eigenvalue weighted by Crippen LogP contribution is 2.18. The maximum absolute atomic E-state index is 12.7. The number of amides is 2. The molecule has 0 aromatic heterocycles. The number of benzene rings is 3. The summed E-state index contributed by atoms with van der Waals surface area (Å²) in [6.07, 6.45) is 0.162. The van der Waals surface area contributed by atoms with E-state index in [2.05, 4.69) is 10.6 Å². The van der Waals surface area contributed by atoms with Crippen LogP contribution in [0, 0.1) is 0 Å². The van der Waals surface area contributed by atoms with E-state index in [0.717, 1.165) is 16.9 Å². The summed E-state index contributed by atoms with van der Waals surface area (Å²) in [6.45, 7) is 2.17. The lowest BCUT2D eigenvalue weighted by Gasteiger charge is -2.12. The Kier molecular flexibility index (Phi) is 9.24. The highest BCUT2D eigenvalue weighted by molar-refractivity contribution is 6.04. The molecule has 0 aliphatic heterocycles. The Morgan fingerprint density at radius 1 is 0.857 bits per heavy atom. The topological polar surface area (TPSA) is 103 Å². The van der Waals surface area contributed by atoms with Crippen LogP contribution in [-0.4, -0.2) is 31.7 Å². The van der Waals surface area contributed by atoms with Crippen LogP contribution in [0.2, 0.25) is 0 Å². The molecule has 0 saturated carbocycles. The van der Waals surface area contributed by atoms with Gasteiger partial charge in [-0.2, -0.15) is 0 Å². The molecular formula is C27H28N2O6. The van der Waals surface area contributed by atoms with Gasteiger partial charge in [0, 0.05) is 24.2 Å². The van der Waals surface area contributed by atoms with E-state index in [1.54, 1.807) is 38.3 Å². The first kappa shape index (κ1) is 25.3. The molecule has 0 spiro atoms. The highest BCUT2D eigenvalue weighted by Gasteiger charge is 2.12. The molecular weight excluding hydrogens is 448 g/mol. The van der Waals surface area contributed by atoms with Crippen LogP contribution < -0.4 is 20.1 Å². The second-order valence-corrected chi connectivity index (χ2v) is 7.55. The summed E-state index contributed by atoms with van der Waals surface area (Å²) in [7, 11) is 1.61. The van der Waals surface area contributed by atoms with Crippen LogP contribution in [0.15, 0.2) is 72.8 Å². The summed E-state index contributed by atoms with van der Waals surface area (Å²) in [4.78, 5) is 36.5. The molecule has 182 valence electrons. The van der Waals surface area contributed by atoms with Crippen molar-refractivity contribution in [1.29, 1.82) is 0 Å². The molecule has 3 aromatic rings. The fourth-order valence-electron chi connectivity index (χ4n) is 3.24. The number of aryl methyl sites for hydroxylation is 1. The second kappa shape index (κ2) is 12.8. The molecule has 0 saturated heterocycles. The van der Waals surface area contributed by atoms with E-state index in [9.17, 15) is 14.4 Å². The number of anilines is 1. The number of rotatable bonds is 10. The van der Waals surface area contributed by atoms with Gasteiger partial charge in [0.1, 0.15) is 11.5 Å². The van der Waals surface area contributed by atoms with Crippen LogP contribution in [0.1, 0.15) is 34.8 Å². The molecule has 2 N–H and O–H groups in total. The van der Waals surface area contributed by atoms with Gasteiger partial charge in [-0.15, -0.1) is 0 Å². The molecule has 0 heterocycles. The van der Waals surface area contributed by atoms with Crippen molar-refractivity contribution in [2.45, 2.75) is 26.3 Å². The van der Waals surface area contributed by atoms with Crippen molar-refractivity contribution in [3.8, 4) is 11.5 Å². The van der Waals surface area contributed by atoms with E-state index in [1.165, 1.54) is 12.1 Å². The predicted octanol–water partition coefficient (Wildman–Crippen LogP) is 4.73. The lowest BCUT2D eigenvalue weighted by Crippen LogP contribution is -2.24. The van der Waals surface area contributed by atoms with E-state index in [4.69, 9.17) is 14.2 Å². The summed E-state index contributed by atoms with van der Waals surface area (Å²) < 4.78 is 14.9. The zero-order valence-electron chi connectivity index (χ0n) is 19.7. The molecule has 3 rings (SSSR count). The molecule has 8 heteroatoms. The normalized spacial score (nSPS) is 10.2. The highest BCUT2D eigenvalue weighted by atomic mass is 16.7. The van der Waals surface area contributed by atoms with Gasteiger partial charge < -0.3 is 24.8 Å². The molecule has 0 aliphatic rings. The van der Waals surface area contributed by atoms with E-state index >= 15 is 0 Å². The molecule has 0 atom stereocenters. The number of ether oxygens (including phenoxy) is 3. The molecule has 0 aliphatic carbocycles. The van der Waals surface area contributed by atoms with Crippen molar-refractivity contribution in [2.24, 2.45) is 0 Å². The number of hydrogen-bond donors (Lipinski definition) is 2. The Labute approximate surface area is 204 Å². The average Bonchev–Trinajstić information content (AvgIpc) is 2.87. The minimum atomic E-state index is -0.801. The fourth-order valence-corrected chi connectivity index (χ4v) is 3.24. The molecule has 0 bridgehead atoms. The van der Waals surface area contributed by atoms with Crippen molar-refractivity contribution >= 4 is 23.7 Å². The van der Waals surface area contributed by atoms with Gasteiger partial charge in [0.2, 0.25) is 5.91 Å². The minimum absolute atomic E-state index is 0.0841. The smallest absolute Gasteiger partial charge is 0.497 e. The Morgan fingerprint density at radius 2 is 1.54 bits per heavy atom. The lowest BCUT2D eigenvalue weighted by atomic mass is 10.1. The number of methoxy groups -OCH3 is 1. The lowest BCUT2D eigenvalue weighted by molar-refractivity contribution is -0.121. The van der Waals surface area contributed by atoms with Crippen molar-refractivity contribution in [3.05, 3.63) is 89.5 Å². The summed E-state index contributed by atoms with van der Waals surface area (Å²) in [5.41, 5.74) is 2.81. The molecule has 0 fully saturated rings. The van der Waals surface area contributed by atoms with E-state index < -0.39 is 6.16 Å². The summed E-state index contributed by atoms with van der Waals surface area (Å²) in [5.74, 6) is 0.640. The minimum Gasteiger partial charge on any atom is -0.497 e. The molecule has 35 heavy (non-hydrogen) atoms. The summed E-state index contributed by atoms with van der Waals surface area (Å²) >= 11 is 0. The number of carbonyl (C=O) groups is 3. The quantitative estimate of drug-likeness (QED) is 0.324. The van der Waals surface area contributed by atoms with Gasteiger partial charge in [0.25, 0.3) is 5.91 Å². The zero-order chi connectivity index (χ0) is 25.0. The molecule has 3 aromatic carbocycles. The summed E-state index contributed by atoms with van der Waals surface area (Å²) in [6, 6.07) is 21.0. The average molecular weight is 477 g/mol. The third kappa shape index (κ3) is 7.89. The van der Waals surface area contributed by atoms with Crippen molar-refractivity contribution in [1.82, 2.24) is 5.32 Å². The fraction of sp³-hybridized carbons (Fsp3) is 0.222. The van der Waals surface area contributed by atoms with Crippen LogP contribution >= 0.6 is 0 Å². The van der Waals surface area contributed by atoms with E-state index in [1.807, 2.05) is 36.4 Å². The first-order valence-electron chi connectivity index (χ1n) is 11.2. The van der Waals surface area contributed by atoms with Crippen LogP contribution in [0.3, 0.4) is 0 Å². The van der Waals surface area contributed by atoms with Gasteiger partial charge in [-0.05, 0) is 66.9 Å².